The third-order valence-electron chi connectivity index (χ3n) is 3.18. The highest BCUT2D eigenvalue weighted by Crippen LogP contribution is 2.18. The highest BCUT2D eigenvalue weighted by atomic mass is 35.5. The summed E-state index contributed by atoms with van der Waals surface area (Å²) in [4.78, 5) is 13.9. The lowest BCUT2D eigenvalue weighted by Crippen LogP contribution is -2.39. The van der Waals surface area contributed by atoms with Gasteiger partial charge in [0, 0.05) is 25.6 Å². The van der Waals surface area contributed by atoms with Crippen molar-refractivity contribution in [1.29, 1.82) is 0 Å². The maximum atomic E-state index is 12.0. The van der Waals surface area contributed by atoms with E-state index in [0.29, 0.717) is 13.0 Å². The molecule has 1 amide bonds. The van der Waals surface area contributed by atoms with Crippen molar-refractivity contribution in [3.05, 3.63) is 22.4 Å². The molecule has 0 spiro atoms. The highest BCUT2D eigenvalue weighted by molar-refractivity contribution is 7.07. The van der Waals surface area contributed by atoms with Crippen molar-refractivity contribution >= 4 is 29.7 Å². The largest absolute Gasteiger partial charge is 0.338 e. The molecule has 5 heteroatoms. The number of nitrogens with zero attached hydrogens (tertiary/aromatic N) is 1. The summed E-state index contributed by atoms with van der Waals surface area (Å²) in [5.41, 5.74) is 6.93. The van der Waals surface area contributed by atoms with Gasteiger partial charge in [0.25, 0.3) is 0 Å². The predicted octanol–water partition coefficient (Wildman–Crippen LogP) is 2.05. The van der Waals surface area contributed by atoms with Crippen LogP contribution < -0.4 is 5.73 Å². The highest BCUT2D eigenvalue weighted by Gasteiger charge is 2.26. The molecule has 3 nitrogen and oxygen atoms in total. The number of halogens is 1. The van der Waals surface area contributed by atoms with Crippen molar-refractivity contribution < 1.29 is 4.79 Å². The van der Waals surface area contributed by atoms with Crippen molar-refractivity contribution in [1.82, 2.24) is 4.90 Å². The Morgan fingerprint density at radius 3 is 3.06 bits per heavy atom. The van der Waals surface area contributed by atoms with Gasteiger partial charge in [0.15, 0.2) is 0 Å². The molecule has 0 bridgehead atoms. The molecule has 0 saturated carbocycles. The predicted molar refractivity (Wildman–Crippen MR) is 73.7 cm³/mol. The Labute approximate surface area is 112 Å². The average molecular weight is 275 g/mol. The topological polar surface area (TPSA) is 46.3 Å². The number of carbonyl (C=O) groups excluding carboxylic acids is 1. The van der Waals surface area contributed by atoms with Crippen LogP contribution in [0.15, 0.2) is 16.8 Å². The monoisotopic (exact) mass is 274 g/mol. The van der Waals surface area contributed by atoms with Gasteiger partial charge in [0.2, 0.25) is 5.91 Å². The van der Waals surface area contributed by atoms with E-state index in [0.717, 1.165) is 25.8 Å². The Morgan fingerprint density at radius 2 is 2.41 bits per heavy atom. The molecule has 1 aliphatic heterocycles. The minimum atomic E-state index is 0. The van der Waals surface area contributed by atoms with Crippen LogP contribution in [0.5, 0.6) is 0 Å². The molecule has 2 heterocycles. The maximum Gasteiger partial charge on any atom is 0.223 e. The van der Waals surface area contributed by atoms with Gasteiger partial charge in [-0.05, 0) is 41.7 Å². The smallest absolute Gasteiger partial charge is 0.223 e. The van der Waals surface area contributed by atoms with Crippen molar-refractivity contribution in [2.75, 3.05) is 13.1 Å². The van der Waals surface area contributed by atoms with E-state index in [9.17, 15) is 4.79 Å². The molecular formula is C12H19ClN2OS. The number of carbonyl (C=O) groups is 1. The summed E-state index contributed by atoms with van der Waals surface area (Å²) < 4.78 is 0. The van der Waals surface area contributed by atoms with Gasteiger partial charge in [0.05, 0.1) is 0 Å². The molecule has 96 valence electrons. The number of aryl methyl sites for hydroxylation is 1. The molecule has 1 fully saturated rings. The average Bonchev–Trinajstić information content (AvgIpc) is 2.96. The van der Waals surface area contributed by atoms with E-state index >= 15 is 0 Å². The van der Waals surface area contributed by atoms with Crippen molar-refractivity contribution in [2.24, 2.45) is 5.73 Å². The number of thiophene rings is 1. The first kappa shape index (κ1) is 14.5. The van der Waals surface area contributed by atoms with Crippen LogP contribution in [-0.2, 0) is 11.2 Å². The van der Waals surface area contributed by atoms with Crippen LogP contribution >= 0.6 is 23.7 Å². The number of nitrogens with two attached hydrogens (primary N) is 1. The summed E-state index contributed by atoms with van der Waals surface area (Å²) in [5, 5.41) is 4.16. The molecule has 0 aliphatic carbocycles. The lowest BCUT2D eigenvalue weighted by molar-refractivity contribution is -0.131. The van der Waals surface area contributed by atoms with E-state index < -0.39 is 0 Å². The Balaban J connectivity index is 0.00000144. The molecule has 1 aromatic heterocycles. The van der Waals surface area contributed by atoms with Gasteiger partial charge in [-0.25, -0.2) is 0 Å². The summed E-state index contributed by atoms with van der Waals surface area (Å²) in [5.74, 6) is 0.263. The Kier molecular flexibility index (Phi) is 5.95. The zero-order valence-electron chi connectivity index (χ0n) is 9.80. The van der Waals surface area contributed by atoms with Gasteiger partial charge in [-0.2, -0.15) is 11.3 Å². The van der Waals surface area contributed by atoms with Gasteiger partial charge in [-0.15, -0.1) is 12.4 Å². The fourth-order valence-electron chi connectivity index (χ4n) is 2.24. The molecule has 17 heavy (non-hydrogen) atoms. The summed E-state index contributed by atoms with van der Waals surface area (Å²) in [7, 11) is 0. The summed E-state index contributed by atoms with van der Waals surface area (Å²) in [6.45, 7) is 1.49. The Morgan fingerprint density at radius 1 is 1.59 bits per heavy atom. The van der Waals surface area contributed by atoms with Gasteiger partial charge in [-0.1, -0.05) is 0 Å². The molecule has 1 aliphatic rings. The SMILES string of the molecule is Cl.NCC1CCCN1C(=O)CCc1ccsc1. The van der Waals surface area contributed by atoms with E-state index in [1.807, 2.05) is 4.90 Å². The number of amides is 1. The van der Waals surface area contributed by atoms with Crippen molar-refractivity contribution in [2.45, 2.75) is 31.7 Å². The molecule has 0 aromatic carbocycles. The Hall–Kier alpha value is -0.580. The number of rotatable bonds is 4. The standard InChI is InChI=1S/C12H18N2OS.ClH/c13-8-11-2-1-6-14(11)12(15)4-3-10-5-7-16-9-10;/h5,7,9,11H,1-4,6,8,13H2;1H. The molecule has 2 rings (SSSR count). The second-order valence-corrected chi connectivity index (χ2v) is 5.03. The molecule has 0 radical (unpaired) electrons. The summed E-state index contributed by atoms with van der Waals surface area (Å²) in [6, 6.07) is 2.37. The summed E-state index contributed by atoms with van der Waals surface area (Å²) >= 11 is 1.68. The number of hydrogen-bond donors (Lipinski definition) is 1. The minimum Gasteiger partial charge on any atom is -0.338 e. The number of hydrogen-bond acceptors (Lipinski definition) is 3. The summed E-state index contributed by atoms with van der Waals surface area (Å²) in [6.07, 6.45) is 3.65. The third-order valence-corrected chi connectivity index (χ3v) is 3.91. The molecule has 1 atom stereocenters. The van der Waals surface area contributed by atoms with Crippen LogP contribution in [0, 0.1) is 0 Å². The maximum absolute atomic E-state index is 12.0. The third kappa shape index (κ3) is 3.69. The van der Waals surface area contributed by atoms with E-state index in [2.05, 4.69) is 16.8 Å². The van der Waals surface area contributed by atoms with Gasteiger partial charge >= 0.3 is 0 Å². The van der Waals surface area contributed by atoms with Crippen LogP contribution in [0.4, 0.5) is 0 Å². The van der Waals surface area contributed by atoms with E-state index in [1.54, 1.807) is 11.3 Å². The first-order valence-corrected chi connectivity index (χ1v) is 6.76. The van der Waals surface area contributed by atoms with Crippen LogP contribution in [0.2, 0.25) is 0 Å². The first-order valence-electron chi connectivity index (χ1n) is 5.82. The second kappa shape index (κ2) is 6.99. The zero-order valence-corrected chi connectivity index (χ0v) is 11.4. The lowest BCUT2D eigenvalue weighted by atomic mass is 10.1. The van der Waals surface area contributed by atoms with Gasteiger partial charge in [0.1, 0.15) is 0 Å². The fraction of sp³-hybridized carbons (Fsp3) is 0.583. The normalized spacial score (nSPS) is 19.1. The zero-order chi connectivity index (χ0) is 11.4. The van der Waals surface area contributed by atoms with E-state index in [-0.39, 0.29) is 24.4 Å². The van der Waals surface area contributed by atoms with Gasteiger partial charge < -0.3 is 10.6 Å². The minimum absolute atomic E-state index is 0. The van der Waals surface area contributed by atoms with Gasteiger partial charge in [-0.3, -0.25) is 4.79 Å². The van der Waals surface area contributed by atoms with Crippen LogP contribution in [0.3, 0.4) is 0 Å². The van der Waals surface area contributed by atoms with Crippen molar-refractivity contribution in [3.63, 3.8) is 0 Å². The van der Waals surface area contributed by atoms with E-state index in [4.69, 9.17) is 5.73 Å². The molecule has 1 unspecified atom stereocenters. The van der Waals surface area contributed by atoms with Crippen LogP contribution in [-0.4, -0.2) is 29.9 Å². The first-order chi connectivity index (χ1) is 7.81. The molecular weight excluding hydrogens is 256 g/mol. The van der Waals surface area contributed by atoms with Crippen molar-refractivity contribution in [3.8, 4) is 0 Å². The lowest BCUT2D eigenvalue weighted by Gasteiger charge is -2.23. The Bertz CT molecular complexity index is 342. The van der Waals surface area contributed by atoms with E-state index in [1.165, 1.54) is 5.56 Å². The molecule has 1 aromatic rings. The second-order valence-electron chi connectivity index (χ2n) is 4.25. The molecule has 1 saturated heterocycles. The van der Waals surface area contributed by atoms with Crippen LogP contribution in [0.25, 0.3) is 0 Å². The van der Waals surface area contributed by atoms with Crippen LogP contribution in [0.1, 0.15) is 24.8 Å². The fourth-order valence-corrected chi connectivity index (χ4v) is 2.94. The molecule has 2 N–H and O–H groups in total. The quantitative estimate of drug-likeness (QED) is 0.913. The number of likely N-dealkylation sites (tertiary alicyclic amines) is 1.